The summed E-state index contributed by atoms with van der Waals surface area (Å²) in [6.07, 6.45) is 10.8. The van der Waals surface area contributed by atoms with Gasteiger partial charge in [0.15, 0.2) is 0 Å². The molecule has 0 atom stereocenters. The molecule has 2 aromatic carbocycles. The van der Waals surface area contributed by atoms with Gasteiger partial charge in [-0.25, -0.2) is 9.67 Å². The second-order valence-electron chi connectivity index (χ2n) is 9.36. The molecule has 2 N–H and O–H groups in total. The molecule has 2 amide bonds. The summed E-state index contributed by atoms with van der Waals surface area (Å²) in [5.74, 6) is 0.284. The Balaban J connectivity index is 1.53. The lowest BCUT2D eigenvalue weighted by atomic mass is 9.89. The topological polar surface area (TPSA) is 111 Å². The molecule has 37 heavy (non-hydrogen) atoms. The Hall–Kier alpha value is -4.27. The highest BCUT2D eigenvalue weighted by atomic mass is 16.5. The molecule has 0 spiro atoms. The number of rotatable bonds is 8. The molecule has 1 aliphatic carbocycles. The summed E-state index contributed by atoms with van der Waals surface area (Å²) in [5, 5.41) is 15.6. The van der Waals surface area contributed by atoms with Crippen LogP contribution >= 0.6 is 0 Å². The second kappa shape index (κ2) is 11.2. The Morgan fingerprint density at radius 1 is 1.05 bits per heavy atom. The van der Waals surface area contributed by atoms with Crippen LogP contribution in [0.2, 0.25) is 0 Å². The first-order valence-corrected chi connectivity index (χ1v) is 12.6. The maximum absolute atomic E-state index is 13.7. The molecule has 1 fully saturated rings. The fourth-order valence-corrected chi connectivity index (χ4v) is 4.99. The number of aromatic nitrogens is 4. The van der Waals surface area contributed by atoms with E-state index in [9.17, 15) is 9.59 Å². The van der Waals surface area contributed by atoms with Crippen LogP contribution in [0.1, 0.15) is 58.4 Å². The number of nitrogens with zero attached hydrogens (tertiary/aromatic N) is 4. The highest BCUT2D eigenvalue weighted by molar-refractivity contribution is 6.20. The normalized spacial score (nSPS) is 13.9. The van der Waals surface area contributed by atoms with E-state index < -0.39 is 0 Å². The van der Waals surface area contributed by atoms with Crippen molar-refractivity contribution >= 4 is 28.3 Å². The minimum atomic E-state index is -0.377. The number of anilines is 1. The van der Waals surface area contributed by atoms with E-state index in [1.807, 2.05) is 24.3 Å². The largest absolute Gasteiger partial charge is 0.481 e. The first-order valence-electron chi connectivity index (χ1n) is 12.6. The highest BCUT2D eigenvalue weighted by Crippen LogP contribution is 2.29. The Morgan fingerprint density at radius 2 is 1.86 bits per heavy atom. The average molecular weight is 499 g/mol. The number of hydrogen-bond donors (Lipinski definition) is 2. The molecule has 9 heteroatoms. The number of ether oxygens (including phenoxy) is 1. The number of nitrogens with one attached hydrogen (secondary N) is 2. The highest BCUT2D eigenvalue weighted by Gasteiger charge is 2.24. The summed E-state index contributed by atoms with van der Waals surface area (Å²) in [6, 6.07) is 12.8. The molecule has 0 aliphatic heterocycles. The molecule has 9 nitrogen and oxygen atoms in total. The van der Waals surface area contributed by atoms with Gasteiger partial charge < -0.3 is 15.4 Å². The molecule has 0 radical (unpaired) electrons. The summed E-state index contributed by atoms with van der Waals surface area (Å²) < 4.78 is 6.81. The Morgan fingerprint density at radius 3 is 2.57 bits per heavy atom. The number of carbonyl (C=O) groups is 2. The average Bonchev–Trinajstić information content (AvgIpc) is 3.45. The molecule has 0 unspecified atom stereocenters. The van der Waals surface area contributed by atoms with E-state index >= 15 is 0 Å². The first kappa shape index (κ1) is 24.4. The van der Waals surface area contributed by atoms with E-state index in [0.29, 0.717) is 47.1 Å². The second-order valence-corrected chi connectivity index (χ2v) is 9.36. The third-order valence-corrected chi connectivity index (χ3v) is 6.89. The van der Waals surface area contributed by atoms with Gasteiger partial charge in [-0.05, 0) is 47.2 Å². The van der Waals surface area contributed by atoms with Crippen LogP contribution in [0.15, 0.2) is 61.1 Å². The van der Waals surface area contributed by atoms with E-state index in [-0.39, 0.29) is 11.8 Å². The lowest BCUT2D eigenvalue weighted by molar-refractivity contribution is 0.0932. The van der Waals surface area contributed by atoms with Crippen molar-refractivity contribution in [2.24, 2.45) is 5.92 Å². The fraction of sp³-hybridized carbons (Fsp3) is 0.321. The van der Waals surface area contributed by atoms with Crippen LogP contribution in [-0.2, 0) is 6.54 Å². The van der Waals surface area contributed by atoms with Crippen molar-refractivity contribution in [3.63, 3.8) is 0 Å². The predicted octanol–water partition coefficient (Wildman–Crippen LogP) is 4.45. The summed E-state index contributed by atoms with van der Waals surface area (Å²) in [6.45, 7) is 1.03. The molecule has 2 heterocycles. The van der Waals surface area contributed by atoms with Crippen molar-refractivity contribution in [2.75, 3.05) is 19.0 Å². The van der Waals surface area contributed by atoms with Gasteiger partial charge >= 0.3 is 0 Å². The molecule has 0 bridgehead atoms. The molecule has 2 aromatic heterocycles. The van der Waals surface area contributed by atoms with Gasteiger partial charge in [-0.2, -0.15) is 0 Å². The smallest absolute Gasteiger partial charge is 0.257 e. The maximum atomic E-state index is 13.7. The molecule has 1 saturated carbocycles. The summed E-state index contributed by atoms with van der Waals surface area (Å²) in [7, 11) is 1.53. The van der Waals surface area contributed by atoms with Crippen LogP contribution in [0.5, 0.6) is 5.88 Å². The van der Waals surface area contributed by atoms with Gasteiger partial charge in [0.05, 0.1) is 42.9 Å². The lowest BCUT2D eigenvalue weighted by Crippen LogP contribution is -2.32. The van der Waals surface area contributed by atoms with Crippen LogP contribution in [0, 0.1) is 5.92 Å². The van der Waals surface area contributed by atoms with Crippen molar-refractivity contribution < 1.29 is 14.3 Å². The van der Waals surface area contributed by atoms with Crippen LogP contribution < -0.4 is 15.4 Å². The summed E-state index contributed by atoms with van der Waals surface area (Å²) in [5.41, 5.74) is 2.06. The third kappa shape index (κ3) is 5.61. The van der Waals surface area contributed by atoms with Crippen LogP contribution in [0.3, 0.4) is 0 Å². The van der Waals surface area contributed by atoms with Crippen molar-refractivity contribution in [1.82, 2.24) is 25.3 Å². The number of carbonyl (C=O) groups excluding carboxylic acids is 2. The van der Waals surface area contributed by atoms with Gasteiger partial charge in [0.1, 0.15) is 0 Å². The fourth-order valence-electron chi connectivity index (χ4n) is 4.99. The van der Waals surface area contributed by atoms with Crippen LogP contribution in [-0.4, -0.2) is 45.4 Å². The number of hydrogen-bond acceptors (Lipinski definition) is 6. The van der Waals surface area contributed by atoms with E-state index in [1.54, 1.807) is 35.3 Å². The Labute approximate surface area is 215 Å². The standard InChI is InChI=1S/C28H30N6O3/c1-37-25-12-11-21(17-29-25)32-28(36)26-23-10-6-5-9-22(23)20(18-34-14-13-31-33-34)15-24(26)27(35)30-16-19-7-3-2-4-8-19/h5-6,9-15,17,19H,2-4,7-8,16,18H2,1H3,(H,30,35)(H,32,36). The molecular weight excluding hydrogens is 468 g/mol. The minimum Gasteiger partial charge on any atom is -0.481 e. The predicted molar refractivity (Wildman–Crippen MR) is 141 cm³/mol. The summed E-state index contributed by atoms with van der Waals surface area (Å²) in [4.78, 5) is 31.4. The zero-order valence-electron chi connectivity index (χ0n) is 20.8. The van der Waals surface area contributed by atoms with Gasteiger partial charge in [0.25, 0.3) is 11.8 Å². The third-order valence-electron chi connectivity index (χ3n) is 6.89. The summed E-state index contributed by atoms with van der Waals surface area (Å²) >= 11 is 0. The number of fused-ring (bicyclic) bond motifs is 1. The van der Waals surface area contributed by atoms with Gasteiger partial charge in [0, 0.05) is 18.8 Å². The van der Waals surface area contributed by atoms with E-state index in [4.69, 9.17) is 4.74 Å². The monoisotopic (exact) mass is 498 g/mol. The van der Waals surface area contributed by atoms with E-state index in [2.05, 4.69) is 25.9 Å². The van der Waals surface area contributed by atoms with Crippen molar-refractivity contribution in [2.45, 2.75) is 38.6 Å². The molecular formula is C28H30N6O3. The Bertz CT molecular complexity index is 1380. The van der Waals surface area contributed by atoms with Crippen LogP contribution in [0.25, 0.3) is 10.8 Å². The van der Waals surface area contributed by atoms with Crippen molar-refractivity contribution in [3.8, 4) is 5.88 Å². The van der Waals surface area contributed by atoms with Crippen LogP contribution in [0.4, 0.5) is 5.69 Å². The molecule has 1 aliphatic rings. The van der Waals surface area contributed by atoms with Gasteiger partial charge in [-0.3, -0.25) is 9.59 Å². The Kier molecular flexibility index (Phi) is 7.39. The zero-order chi connectivity index (χ0) is 25.6. The number of benzene rings is 2. The van der Waals surface area contributed by atoms with Gasteiger partial charge in [0.2, 0.25) is 5.88 Å². The zero-order valence-corrected chi connectivity index (χ0v) is 20.8. The number of methoxy groups -OCH3 is 1. The number of pyridine rings is 1. The minimum absolute atomic E-state index is 0.255. The lowest BCUT2D eigenvalue weighted by Gasteiger charge is -2.22. The van der Waals surface area contributed by atoms with Gasteiger partial charge in [-0.1, -0.05) is 48.7 Å². The quantitative estimate of drug-likeness (QED) is 0.371. The van der Waals surface area contributed by atoms with Crippen molar-refractivity contribution in [3.05, 3.63) is 77.7 Å². The van der Waals surface area contributed by atoms with Crippen molar-refractivity contribution in [1.29, 1.82) is 0 Å². The molecule has 0 saturated heterocycles. The molecule has 5 rings (SSSR count). The van der Waals surface area contributed by atoms with E-state index in [0.717, 1.165) is 23.8 Å². The van der Waals surface area contributed by atoms with E-state index in [1.165, 1.54) is 32.6 Å². The van der Waals surface area contributed by atoms with Gasteiger partial charge in [-0.15, -0.1) is 5.10 Å². The maximum Gasteiger partial charge on any atom is 0.257 e. The molecule has 190 valence electrons. The number of amides is 2. The molecule has 4 aromatic rings. The SMILES string of the molecule is COc1ccc(NC(=O)c2c(C(=O)NCC3CCCCC3)cc(Cn3ccnn3)c3ccccc23)cn1. The first-order chi connectivity index (χ1) is 18.1.